The normalized spacial score (nSPS) is 11.0. The molecule has 6 heteroatoms. The summed E-state index contributed by atoms with van der Waals surface area (Å²) in [5.41, 5.74) is 11.3. The van der Waals surface area contributed by atoms with E-state index in [-0.39, 0.29) is 12.5 Å². The molecule has 6 nitrogen and oxygen atoms in total. The van der Waals surface area contributed by atoms with Crippen LogP contribution in [0.2, 0.25) is 0 Å². The van der Waals surface area contributed by atoms with Gasteiger partial charge >= 0.3 is 0 Å². The van der Waals surface area contributed by atoms with Crippen LogP contribution in [0, 0.1) is 0 Å². The number of carbonyl (C=O) groups excluding carboxylic acids is 1. The van der Waals surface area contributed by atoms with E-state index in [1.807, 2.05) is 43.3 Å². The quantitative estimate of drug-likeness (QED) is 0.433. The maximum absolute atomic E-state index is 11.8. The Morgan fingerprint density at radius 2 is 2.00 bits per heavy atom. The fourth-order valence-corrected chi connectivity index (χ4v) is 1.93. The topological polar surface area (TPSA) is 88.7 Å². The number of hydrogen-bond donors (Lipinski definition) is 3. The van der Waals surface area contributed by atoms with Crippen LogP contribution in [-0.4, -0.2) is 25.3 Å². The van der Waals surface area contributed by atoms with Crippen molar-refractivity contribution in [3.63, 3.8) is 0 Å². The molecule has 1 amide bonds. The molecule has 0 radical (unpaired) electrons. The van der Waals surface area contributed by atoms with E-state index in [0.717, 1.165) is 17.0 Å². The molecule has 2 aromatic carbocycles. The zero-order valence-corrected chi connectivity index (χ0v) is 13.2. The number of nitrogen functional groups attached to an aromatic ring is 1. The summed E-state index contributed by atoms with van der Waals surface area (Å²) in [5, 5.41) is 7.09. The molecule has 0 aliphatic heterocycles. The van der Waals surface area contributed by atoms with Crippen LogP contribution in [0.25, 0.3) is 0 Å². The third-order valence-electron chi connectivity index (χ3n) is 3.18. The van der Waals surface area contributed by atoms with Gasteiger partial charge in [0.1, 0.15) is 5.75 Å². The number of ether oxygens (including phenoxy) is 1. The van der Waals surface area contributed by atoms with Crippen molar-refractivity contribution in [2.24, 2.45) is 5.10 Å². The summed E-state index contributed by atoms with van der Waals surface area (Å²) >= 11 is 0. The molecule has 0 bridgehead atoms. The third kappa shape index (κ3) is 5.03. The predicted octanol–water partition coefficient (Wildman–Crippen LogP) is 2.23. The van der Waals surface area contributed by atoms with Crippen molar-refractivity contribution in [1.82, 2.24) is 5.43 Å². The fraction of sp³-hybridized carbons (Fsp3) is 0.176. The van der Waals surface area contributed by atoms with Crippen molar-refractivity contribution >= 4 is 23.0 Å². The number of nitrogens with zero attached hydrogens (tertiary/aromatic N) is 1. The molecule has 0 fully saturated rings. The highest BCUT2D eigenvalue weighted by molar-refractivity contribution is 6.00. The zero-order valence-electron chi connectivity index (χ0n) is 13.2. The van der Waals surface area contributed by atoms with Crippen molar-refractivity contribution < 1.29 is 9.53 Å². The lowest BCUT2D eigenvalue weighted by atomic mass is 10.1. The van der Waals surface area contributed by atoms with E-state index in [1.54, 1.807) is 19.2 Å². The molecule has 0 heterocycles. The van der Waals surface area contributed by atoms with E-state index in [2.05, 4.69) is 15.8 Å². The van der Waals surface area contributed by atoms with Crippen LogP contribution in [0.15, 0.2) is 53.6 Å². The Kier molecular flexibility index (Phi) is 5.57. The smallest absolute Gasteiger partial charge is 0.259 e. The molecule has 2 aromatic rings. The minimum atomic E-state index is -0.240. The van der Waals surface area contributed by atoms with E-state index in [9.17, 15) is 4.79 Å². The van der Waals surface area contributed by atoms with Gasteiger partial charge in [0.15, 0.2) is 0 Å². The molecule has 120 valence electrons. The second kappa shape index (κ2) is 7.84. The Balaban J connectivity index is 1.88. The summed E-state index contributed by atoms with van der Waals surface area (Å²) in [7, 11) is 1.60. The van der Waals surface area contributed by atoms with Crippen LogP contribution in [0.5, 0.6) is 5.75 Å². The molecule has 0 atom stereocenters. The van der Waals surface area contributed by atoms with Crippen LogP contribution in [0.4, 0.5) is 11.4 Å². The average Bonchev–Trinajstić information content (AvgIpc) is 2.58. The van der Waals surface area contributed by atoms with Crippen LogP contribution < -0.4 is 21.2 Å². The SMILES string of the molecule is COc1cccc(NCC(=O)N/N=C(/C)c2cccc(N)c2)c1. The maximum Gasteiger partial charge on any atom is 0.259 e. The molecule has 0 aliphatic carbocycles. The van der Waals surface area contributed by atoms with E-state index in [4.69, 9.17) is 10.5 Å². The second-order valence-corrected chi connectivity index (χ2v) is 4.94. The number of methoxy groups -OCH3 is 1. The first kappa shape index (κ1) is 16.4. The van der Waals surface area contributed by atoms with Gasteiger partial charge in [0.25, 0.3) is 5.91 Å². The summed E-state index contributed by atoms with van der Waals surface area (Å²) < 4.78 is 5.13. The molecule has 0 saturated carbocycles. The number of benzene rings is 2. The summed E-state index contributed by atoms with van der Waals surface area (Å²) in [6.45, 7) is 1.92. The van der Waals surface area contributed by atoms with Gasteiger partial charge < -0.3 is 15.8 Å². The largest absolute Gasteiger partial charge is 0.497 e. The highest BCUT2D eigenvalue weighted by Gasteiger charge is 2.02. The average molecular weight is 312 g/mol. The van der Waals surface area contributed by atoms with Crippen molar-refractivity contribution in [2.45, 2.75) is 6.92 Å². The number of rotatable bonds is 6. The molecular formula is C17H20N4O2. The Morgan fingerprint density at radius 3 is 2.74 bits per heavy atom. The lowest BCUT2D eigenvalue weighted by Crippen LogP contribution is -2.26. The van der Waals surface area contributed by atoms with Crippen molar-refractivity contribution in [3.8, 4) is 5.75 Å². The van der Waals surface area contributed by atoms with Crippen LogP contribution in [-0.2, 0) is 4.79 Å². The molecule has 23 heavy (non-hydrogen) atoms. The summed E-state index contributed by atoms with van der Waals surface area (Å²) in [4.78, 5) is 11.8. The Hall–Kier alpha value is -3.02. The highest BCUT2D eigenvalue weighted by atomic mass is 16.5. The van der Waals surface area contributed by atoms with Crippen molar-refractivity contribution in [2.75, 3.05) is 24.7 Å². The Bertz CT molecular complexity index is 713. The first-order chi connectivity index (χ1) is 11.1. The van der Waals surface area contributed by atoms with Gasteiger partial charge in [-0.25, -0.2) is 5.43 Å². The van der Waals surface area contributed by atoms with Crippen LogP contribution in [0.3, 0.4) is 0 Å². The summed E-state index contributed by atoms with van der Waals surface area (Å²) in [6, 6.07) is 14.7. The van der Waals surface area contributed by atoms with E-state index >= 15 is 0 Å². The fourth-order valence-electron chi connectivity index (χ4n) is 1.93. The predicted molar refractivity (Wildman–Crippen MR) is 92.7 cm³/mol. The summed E-state index contributed by atoms with van der Waals surface area (Å²) in [5.74, 6) is 0.488. The molecular weight excluding hydrogens is 292 g/mol. The Labute approximate surface area is 135 Å². The van der Waals surface area contributed by atoms with E-state index in [1.165, 1.54) is 0 Å². The standard InChI is InChI=1S/C17H20N4O2/c1-12(13-5-3-6-14(18)9-13)20-21-17(22)11-19-15-7-4-8-16(10-15)23-2/h3-10,19H,11,18H2,1-2H3,(H,21,22)/b20-12-. The minimum absolute atomic E-state index is 0.112. The van der Waals surface area contributed by atoms with Crippen LogP contribution in [0.1, 0.15) is 12.5 Å². The van der Waals surface area contributed by atoms with Crippen molar-refractivity contribution in [3.05, 3.63) is 54.1 Å². The van der Waals surface area contributed by atoms with Gasteiger partial charge in [-0.05, 0) is 36.8 Å². The van der Waals surface area contributed by atoms with E-state index < -0.39 is 0 Å². The number of anilines is 2. The monoisotopic (exact) mass is 312 g/mol. The van der Waals surface area contributed by atoms with Crippen molar-refractivity contribution in [1.29, 1.82) is 0 Å². The molecule has 0 aliphatic rings. The lowest BCUT2D eigenvalue weighted by Gasteiger charge is -2.07. The van der Waals surface area contributed by atoms with Gasteiger partial charge in [-0.2, -0.15) is 5.10 Å². The number of nitrogens with one attached hydrogen (secondary N) is 2. The molecule has 0 saturated heterocycles. The minimum Gasteiger partial charge on any atom is -0.497 e. The molecule has 0 spiro atoms. The number of hydrazone groups is 1. The number of nitrogens with two attached hydrogens (primary N) is 1. The molecule has 0 unspecified atom stereocenters. The van der Waals surface area contributed by atoms with Gasteiger partial charge in [0.2, 0.25) is 0 Å². The lowest BCUT2D eigenvalue weighted by molar-refractivity contribution is -0.119. The number of amides is 1. The van der Waals surface area contributed by atoms with E-state index in [0.29, 0.717) is 11.4 Å². The van der Waals surface area contributed by atoms with Gasteiger partial charge in [0, 0.05) is 17.4 Å². The second-order valence-electron chi connectivity index (χ2n) is 4.94. The van der Waals surface area contributed by atoms with Gasteiger partial charge in [0.05, 0.1) is 19.4 Å². The van der Waals surface area contributed by atoms with Gasteiger partial charge in [-0.3, -0.25) is 4.79 Å². The first-order valence-corrected chi connectivity index (χ1v) is 7.15. The molecule has 0 aromatic heterocycles. The summed E-state index contributed by atoms with van der Waals surface area (Å²) in [6.07, 6.45) is 0. The number of carbonyl (C=O) groups is 1. The highest BCUT2D eigenvalue weighted by Crippen LogP contribution is 2.16. The van der Waals surface area contributed by atoms with Gasteiger partial charge in [-0.15, -0.1) is 0 Å². The maximum atomic E-state index is 11.8. The van der Waals surface area contributed by atoms with Gasteiger partial charge in [-0.1, -0.05) is 18.2 Å². The number of hydrogen-bond acceptors (Lipinski definition) is 5. The third-order valence-corrected chi connectivity index (χ3v) is 3.18. The Morgan fingerprint density at radius 1 is 1.22 bits per heavy atom. The molecule has 2 rings (SSSR count). The zero-order chi connectivity index (χ0) is 16.7. The molecule has 4 N–H and O–H groups in total. The first-order valence-electron chi connectivity index (χ1n) is 7.15. The van der Waals surface area contributed by atoms with Crippen LogP contribution >= 0.6 is 0 Å².